The third kappa shape index (κ3) is 6.15. The van der Waals surface area contributed by atoms with Crippen molar-refractivity contribution in [1.82, 2.24) is 10.3 Å². The molecule has 3 aromatic carbocycles. The molecule has 1 aromatic heterocycles. The van der Waals surface area contributed by atoms with Crippen LogP contribution in [0.5, 0.6) is 5.75 Å². The molecule has 0 aliphatic rings. The summed E-state index contributed by atoms with van der Waals surface area (Å²) in [6, 6.07) is 10.4. The van der Waals surface area contributed by atoms with Crippen LogP contribution >= 0.6 is 11.6 Å². The van der Waals surface area contributed by atoms with Gasteiger partial charge in [-0.15, -0.1) is 0 Å². The summed E-state index contributed by atoms with van der Waals surface area (Å²) in [7, 11) is 1.41. The van der Waals surface area contributed by atoms with E-state index in [-0.39, 0.29) is 5.75 Å². The van der Waals surface area contributed by atoms with E-state index in [0.29, 0.717) is 21.5 Å². The molecule has 2 N–H and O–H groups in total. The quantitative estimate of drug-likeness (QED) is 0.310. The van der Waals surface area contributed by atoms with Crippen LogP contribution in [0.4, 0.5) is 17.6 Å². The van der Waals surface area contributed by atoms with Crippen LogP contribution in [0.15, 0.2) is 54.7 Å². The van der Waals surface area contributed by atoms with Crippen molar-refractivity contribution in [3.05, 3.63) is 94.1 Å². The van der Waals surface area contributed by atoms with E-state index in [1.54, 1.807) is 18.3 Å². The van der Waals surface area contributed by atoms with Crippen LogP contribution in [-0.4, -0.2) is 35.6 Å². The summed E-state index contributed by atoms with van der Waals surface area (Å²) in [5.41, 5.74) is 1.97. The van der Waals surface area contributed by atoms with E-state index in [1.165, 1.54) is 7.11 Å². The normalized spacial score (nSPS) is 10.5. The van der Waals surface area contributed by atoms with Gasteiger partial charge in [0.2, 0.25) is 0 Å². The fourth-order valence-electron chi connectivity index (χ4n) is 3.46. The second-order valence-corrected chi connectivity index (χ2v) is 7.99. The largest absolute Gasteiger partial charge is 0.496 e. The number of benzene rings is 3. The van der Waals surface area contributed by atoms with Gasteiger partial charge in [0.1, 0.15) is 29.5 Å². The lowest BCUT2D eigenvalue weighted by Gasteiger charge is -2.13. The fraction of sp³-hybridized carbons (Fsp3) is 0.115. The number of aryl methyl sites for hydroxylation is 1. The maximum atomic E-state index is 13.7. The average molecular weight is 535 g/mol. The highest BCUT2D eigenvalue weighted by atomic mass is 35.5. The van der Waals surface area contributed by atoms with E-state index < -0.39 is 47.3 Å². The molecule has 4 rings (SSSR count). The molecule has 37 heavy (non-hydrogen) atoms. The smallest absolute Gasteiger partial charge is 0.322 e. The van der Waals surface area contributed by atoms with Gasteiger partial charge in [0.15, 0.2) is 11.6 Å². The van der Waals surface area contributed by atoms with E-state index in [1.807, 2.05) is 18.3 Å². The second-order valence-electron chi connectivity index (χ2n) is 7.59. The Morgan fingerprint density at radius 3 is 2.24 bits per heavy atom. The number of halogens is 5. The monoisotopic (exact) mass is 534 g/mol. The SMILES string of the molecule is COc1cc(F)c(F)cc1-c1ccc(C)c2nccc(Cl)c12.O=C(O)CNC(=O)c1c(F)cccc1F. The summed E-state index contributed by atoms with van der Waals surface area (Å²) in [5, 5.41) is 11.3. The molecular weight excluding hydrogens is 516 g/mol. The van der Waals surface area contributed by atoms with Gasteiger partial charge in [-0.1, -0.05) is 29.8 Å². The first-order valence-electron chi connectivity index (χ1n) is 10.6. The number of nitrogens with one attached hydrogen (secondary N) is 1. The summed E-state index contributed by atoms with van der Waals surface area (Å²) < 4.78 is 58.2. The number of carboxylic acid groups (broad SMARTS) is 1. The molecule has 0 saturated heterocycles. The molecule has 0 aliphatic heterocycles. The maximum Gasteiger partial charge on any atom is 0.322 e. The molecule has 1 amide bonds. The number of carboxylic acids is 1. The van der Waals surface area contributed by atoms with Crippen molar-refractivity contribution in [3.63, 3.8) is 0 Å². The van der Waals surface area contributed by atoms with E-state index in [2.05, 4.69) is 4.98 Å². The molecule has 0 bridgehead atoms. The van der Waals surface area contributed by atoms with Gasteiger partial charge < -0.3 is 15.2 Å². The zero-order chi connectivity index (χ0) is 27.3. The Morgan fingerprint density at radius 2 is 1.62 bits per heavy atom. The zero-order valence-electron chi connectivity index (χ0n) is 19.4. The van der Waals surface area contributed by atoms with E-state index in [9.17, 15) is 27.2 Å². The van der Waals surface area contributed by atoms with Crippen molar-refractivity contribution >= 4 is 34.4 Å². The Morgan fingerprint density at radius 1 is 0.973 bits per heavy atom. The highest BCUT2D eigenvalue weighted by Gasteiger charge is 2.18. The molecule has 1 heterocycles. The topological polar surface area (TPSA) is 88.5 Å². The number of amides is 1. The summed E-state index contributed by atoms with van der Waals surface area (Å²) >= 11 is 6.30. The molecule has 0 atom stereocenters. The highest BCUT2D eigenvalue weighted by Crippen LogP contribution is 2.39. The Bertz CT molecular complexity index is 1480. The van der Waals surface area contributed by atoms with Crippen LogP contribution in [0, 0.1) is 30.2 Å². The van der Waals surface area contributed by atoms with Gasteiger partial charge in [0.25, 0.3) is 5.91 Å². The molecule has 0 fully saturated rings. The van der Waals surface area contributed by atoms with Crippen molar-refractivity contribution in [1.29, 1.82) is 0 Å². The number of pyridine rings is 1. The number of hydrogen-bond donors (Lipinski definition) is 2. The number of rotatable bonds is 5. The molecule has 0 aliphatic carbocycles. The number of carbonyl (C=O) groups excluding carboxylic acids is 1. The minimum atomic E-state index is -1.29. The molecule has 0 saturated carbocycles. The number of aromatic nitrogens is 1. The summed E-state index contributed by atoms with van der Waals surface area (Å²) in [6.07, 6.45) is 1.62. The minimum Gasteiger partial charge on any atom is -0.496 e. The van der Waals surface area contributed by atoms with Gasteiger partial charge in [-0.25, -0.2) is 17.6 Å². The van der Waals surface area contributed by atoms with Crippen LogP contribution in [-0.2, 0) is 4.79 Å². The van der Waals surface area contributed by atoms with Crippen LogP contribution < -0.4 is 10.1 Å². The molecule has 0 unspecified atom stereocenters. The third-order valence-electron chi connectivity index (χ3n) is 5.17. The second kappa shape index (κ2) is 11.7. The molecule has 11 heteroatoms. The Hall–Kier alpha value is -4.18. The van der Waals surface area contributed by atoms with Crippen LogP contribution in [0.1, 0.15) is 15.9 Å². The van der Waals surface area contributed by atoms with Crippen LogP contribution in [0.25, 0.3) is 22.0 Å². The first kappa shape index (κ1) is 27.4. The molecule has 192 valence electrons. The summed E-state index contributed by atoms with van der Waals surface area (Å²) in [4.78, 5) is 25.6. The Balaban J connectivity index is 0.000000222. The van der Waals surface area contributed by atoms with E-state index in [4.69, 9.17) is 21.4 Å². The van der Waals surface area contributed by atoms with Gasteiger partial charge in [0, 0.05) is 23.2 Å². The number of hydrogen-bond acceptors (Lipinski definition) is 4. The molecule has 0 spiro atoms. The number of methoxy groups -OCH3 is 1. The van der Waals surface area contributed by atoms with Crippen molar-refractivity contribution in [2.24, 2.45) is 0 Å². The lowest BCUT2D eigenvalue weighted by molar-refractivity contribution is -0.135. The molecule has 4 aromatic rings. The first-order chi connectivity index (χ1) is 17.5. The molecule has 0 radical (unpaired) electrons. The zero-order valence-corrected chi connectivity index (χ0v) is 20.2. The van der Waals surface area contributed by atoms with Gasteiger partial charge in [-0.2, -0.15) is 0 Å². The number of carbonyl (C=O) groups is 2. The Kier molecular flexibility index (Phi) is 8.67. The lowest BCUT2D eigenvalue weighted by atomic mass is 9.97. The van der Waals surface area contributed by atoms with Crippen molar-refractivity contribution < 1.29 is 37.0 Å². The maximum absolute atomic E-state index is 13.7. The molecular formula is C26H19ClF4N2O4. The van der Waals surface area contributed by atoms with E-state index >= 15 is 0 Å². The van der Waals surface area contributed by atoms with Crippen LogP contribution in [0.2, 0.25) is 5.02 Å². The number of nitrogens with zero attached hydrogens (tertiary/aromatic N) is 1. The van der Waals surface area contributed by atoms with Crippen molar-refractivity contribution in [3.8, 4) is 16.9 Å². The molecule has 6 nitrogen and oxygen atoms in total. The van der Waals surface area contributed by atoms with Gasteiger partial charge in [-0.05, 0) is 42.3 Å². The minimum absolute atomic E-state index is 0.240. The Labute approximate surface area is 213 Å². The predicted molar refractivity (Wildman–Crippen MR) is 130 cm³/mol. The lowest BCUT2D eigenvalue weighted by Crippen LogP contribution is -2.30. The predicted octanol–water partition coefficient (Wildman–Crippen LogP) is 5.93. The third-order valence-corrected chi connectivity index (χ3v) is 5.48. The van der Waals surface area contributed by atoms with Crippen molar-refractivity contribution in [2.45, 2.75) is 6.92 Å². The standard InChI is InChI=1S/C17H12ClF2NO.C9H7F2NO3/c1-9-3-4-10(16-12(18)5-6-21-17(9)16)11-7-13(19)14(20)8-15(11)22-2;10-5-2-1-3-6(11)8(5)9(15)12-4-7(13)14/h3-8H,1-2H3;1-3H,4H2,(H,12,15)(H,13,14). The number of ether oxygens (including phenoxy) is 1. The van der Waals surface area contributed by atoms with Crippen molar-refractivity contribution in [2.75, 3.05) is 13.7 Å². The van der Waals surface area contributed by atoms with Gasteiger partial charge in [0.05, 0.1) is 17.6 Å². The number of fused-ring (bicyclic) bond motifs is 1. The van der Waals surface area contributed by atoms with Gasteiger partial charge in [-0.3, -0.25) is 14.6 Å². The van der Waals surface area contributed by atoms with Gasteiger partial charge >= 0.3 is 5.97 Å². The van der Waals surface area contributed by atoms with E-state index in [0.717, 1.165) is 41.4 Å². The van der Waals surface area contributed by atoms with Crippen LogP contribution in [0.3, 0.4) is 0 Å². The fourth-order valence-corrected chi connectivity index (χ4v) is 3.70. The average Bonchev–Trinajstić information content (AvgIpc) is 2.85. The number of aliphatic carboxylic acids is 1. The highest BCUT2D eigenvalue weighted by molar-refractivity contribution is 6.36. The first-order valence-corrected chi connectivity index (χ1v) is 10.9. The summed E-state index contributed by atoms with van der Waals surface area (Å²) in [6.45, 7) is 1.23. The summed E-state index contributed by atoms with van der Waals surface area (Å²) in [5.74, 6) is -6.10.